The predicted octanol–water partition coefficient (Wildman–Crippen LogP) is 5.16. The van der Waals surface area contributed by atoms with E-state index in [0.29, 0.717) is 5.56 Å². The van der Waals surface area contributed by atoms with Crippen LogP contribution in [-0.2, 0) is 13.0 Å². The number of nitrogens with one attached hydrogen (secondary N) is 1. The van der Waals surface area contributed by atoms with Crippen molar-refractivity contribution in [1.29, 1.82) is 0 Å². The summed E-state index contributed by atoms with van der Waals surface area (Å²) >= 11 is 4.98. The smallest absolute Gasteiger partial charge is 0.134 e. The lowest BCUT2D eigenvalue weighted by atomic mass is 10.1. The molecule has 0 saturated heterocycles. The number of aryl methyl sites for hydroxylation is 1. The van der Waals surface area contributed by atoms with Crippen LogP contribution in [0.2, 0.25) is 0 Å². The Labute approximate surface area is 137 Å². The van der Waals surface area contributed by atoms with Crippen molar-refractivity contribution in [3.8, 4) is 10.6 Å². The summed E-state index contributed by atoms with van der Waals surface area (Å²) in [6.07, 6.45) is 0.851. The number of halogens is 2. The molecule has 0 unspecified atom stereocenters. The summed E-state index contributed by atoms with van der Waals surface area (Å²) < 4.78 is 14.8. The Morgan fingerprint density at radius 3 is 2.62 bits per heavy atom. The number of rotatable bonds is 4. The normalized spacial score (nSPS) is 11.9. The highest BCUT2D eigenvalue weighted by atomic mass is 79.9. The lowest BCUT2D eigenvalue weighted by Crippen LogP contribution is -2.35. The molecule has 1 N–H and O–H groups in total. The molecule has 1 aromatic carbocycles. The largest absolute Gasteiger partial charge is 0.307 e. The van der Waals surface area contributed by atoms with E-state index < -0.39 is 0 Å². The highest BCUT2D eigenvalue weighted by molar-refractivity contribution is 9.10. The van der Waals surface area contributed by atoms with Crippen molar-refractivity contribution in [3.05, 3.63) is 39.1 Å². The van der Waals surface area contributed by atoms with E-state index in [1.807, 2.05) is 6.07 Å². The van der Waals surface area contributed by atoms with E-state index in [9.17, 15) is 4.39 Å². The van der Waals surface area contributed by atoms with Gasteiger partial charge in [-0.1, -0.05) is 13.0 Å². The summed E-state index contributed by atoms with van der Waals surface area (Å²) in [6.45, 7) is 9.24. The van der Waals surface area contributed by atoms with Crippen LogP contribution in [0.1, 0.15) is 38.3 Å². The van der Waals surface area contributed by atoms with Gasteiger partial charge < -0.3 is 5.32 Å². The van der Waals surface area contributed by atoms with E-state index in [1.165, 1.54) is 10.9 Å². The highest BCUT2D eigenvalue weighted by Crippen LogP contribution is 2.35. The first-order valence-electron chi connectivity index (χ1n) is 7.00. The number of thiazole rings is 1. The molecule has 0 fully saturated rings. The van der Waals surface area contributed by atoms with Crippen molar-refractivity contribution in [2.75, 3.05) is 0 Å². The molecule has 0 radical (unpaired) electrons. The molecule has 0 atom stereocenters. The van der Waals surface area contributed by atoms with Crippen molar-refractivity contribution >= 4 is 27.3 Å². The van der Waals surface area contributed by atoms with Gasteiger partial charge in [-0.2, -0.15) is 0 Å². The van der Waals surface area contributed by atoms with E-state index >= 15 is 0 Å². The van der Waals surface area contributed by atoms with Crippen LogP contribution in [0.4, 0.5) is 4.39 Å². The number of hydrogen-bond donors (Lipinski definition) is 1. The fourth-order valence-corrected chi connectivity index (χ4v) is 3.76. The molecule has 0 saturated carbocycles. The Hall–Kier alpha value is -0.780. The first-order valence-corrected chi connectivity index (χ1v) is 8.60. The molecule has 0 aliphatic carbocycles. The van der Waals surface area contributed by atoms with Crippen LogP contribution in [0, 0.1) is 5.82 Å². The minimum atomic E-state index is -0.240. The maximum absolute atomic E-state index is 14.1. The Balaban J connectivity index is 2.37. The van der Waals surface area contributed by atoms with E-state index in [2.05, 4.69) is 53.9 Å². The Morgan fingerprint density at radius 2 is 2.05 bits per heavy atom. The summed E-state index contributed by atoms with van der Waals surface area (Å²) in [7, 11) is 0. The molecule has 2 rings (SSSR count). The zero-order chi connectivity index (χ0) is 15.6. The molecule has 1 heterocycles. The average Bonchev–Trinajstić information content (AvgIpc) is 2.78. The van der Waals surface area contributed by atoms with Crippen LogP contribution < -0.4 is 5.32 Å². The van der Waals surface area contributed by atoms with E-state index in [0.717, 1.165) is 28.1 Å². The third kappa shape index (κ3) is 4.11. The molecule has 0 aliphatic rings. The van der Waals surface area contributed by atoms with E-state index in [-0.39, 0.29) is 11.4 Å². The lowest BCUT2D eigenvalue weighted by molar-refractivity contribution is 0.425. The minimum Gasteiger partial charge on any atom is -0.307 e. The Bertz CT molecular complexity index is 611. The molecule has 114 valence electrons. The van der Waals surface area contributed by atoms with Crippen molar-refractivity contribution in [1.82, 2.24) is 10.3 Å². The number of benzene rings is 1. The third-order valence-corrected chi connectivity index (χ3v) is 4.84. The number of hydrogen-bond acceptors (Lipinski definition) is 3. The molecule has 5 heteroatoms. The highest BCUT2D eigenvalue weighted by Gasteiger charge is 2.18. The zero-order valence-corrected chi connectivity index (χ0v) is 15.2. The van der Waals surface area contributed by atoms with Gasteiger partial charge in [0.2, 0.25) is 0 Å². The monoisotopic (exact) mass is 370 g/mol. The second kappa shape index (κ2) is 6.55. The van der Waals surface area contributed by atoms with Gasteiger partial charge in [-0.15, -0.1) is 11.3 Å². The standard InChI is InChI=1S/C16H20BrFN2S/c1-5-12-13(9-19-16(2,3)4)21-15(20-12)14-10(17)7-6-8-11(14)18/h6-8,19H,5,9H2,1-4H3. The van der Waals surface area contributed by atoms with E-state index in [4.69, 9.17) is 0 Å². The van der Waals surface area contributed by atoms with Gasteiger partial charge >= 0.3 is 0 Å². The molecular formula is C16H20BrFN2S. The summed E-state index contributed by atoms with van der Waals surface area (Å²) in [6, 6.07) is 5.01. The lowest BCUT2D eigenvalue weighted by Gasteiger charge is -2.20. The molecule has 0 bridgehead atoms. The van der Waals surface area contributed by atoms with Gasteiger partial charge in [0.1, 0.15) is 10.8 Å². The van der Waals surface area contributed by atoms with Crippen LogP contribution in [0.25, 0.3) is 10.6 Å². The second-order valence-corrected chi connectivity index (χ2v) is 7.88. The molecule has 0 amide bonds. The quantitative estimate of drug-likeness (QED) is 0.803. The van der Waals surface area contributed by atoms with Gasteiger partial charge in [0.15, 0.2) is 0 Å². The van der Waals surface area contributed by atoms with Crippen molar-refractivity contribution in [2.45, 2.75) is 46.2 Å². The molecule has 0 spiro atoms. The fourth-order valence-electron chi connectivity index (χ4n) is 1.95. The van der Waals surface area contributed by atoms with Gasteiger partial charge in [-0.05, 0) is 55.3 Å². The van der Waals surface area contributed by atoms with Crippen LogP contribution >= 0.6 is 27.3 Å². The van der Waals surface area contributed by atoms with E-state index in [1.54, 1.807) is 17.4 Å². The number of aromatic nitrogens is 1. The molecule has 1 aromatic heterocycles. The van der Waals surface area contributed by atoms with Crippen LogP contribution in [0.5, 0.6) is 0 Å². The van der Waals surface area contributed by atoms with Crippen LogP contribution in [0.15, 0.2) is 22.7 Å². The molecule has 2 nitrogen and oxygen atoms in total. The molecule has 0 aliphatic heterocycles. The maximum Gasteiger partial charge on any atom is 0.134 e. The summed E-state index contributed by atoms with van der Waals surface area (Å²) in [5, 5.41) is 4.21. The van der Waals surface area contributed by atoms with Gasteiger partial charge in [-0.25, -0.2) is 9.37 Å². The van der Waals surface area contributed by atoms with Crippen LogP contribution in [0.3, 0.4) is 0 Å². The van der Waals surface area contributed by atoms with Gasteiger partial charge in [0.25, 0.3) is 0 Å². The average molecular weight is 371 g/mol. The molecule has 21 heavy (non-hydrogen) atoms. The van der Waals surface area contributed by atoms with Gasteiger partial charge in [-0.3, -0.25) is 0 Å². The summed E-state index contributed by atoms with van der Waals surface area (Å²) in [4.78, 5) is 5.81. The second-order valence-electron chi connectivity index (χ2n) is 5.94. The van der Waals surface area contributed by atoms with Crippen molar-refractivity contribution in [2.24, 2.45) is 0 Å². The van der Waals surface area contributed by atoms with Gasteiger partial charge in [0.05, 0.1) is 11.3 Å². The summed E-state index contributed by atoms with van der Waals surface area (Å²) in [5.74, 6) is -0.240. The fraction of sp³-hybridized carbons (Fsp3) is 0.438. The Morgan fingerprint density at radius 1 is 1.33 bits per heavy atom. The van der Waals surface area contributed by atoms with Crippen molar-refractivity contribution < 1.29 is 4.39 Å². The predicted molar refractivity (Wildman–Crippen MR) is 91.2 cm³/mol. The first-order chi connectivity index (χ1) is 9.81. The van der Waals surface area contributed by atoms with Crippen LogP contribution in [-0.4, -0.2) is 10.5 Å². The topological polar surface area (TPSA) is 24.9 Å². The Kier molecular flexibility index (Phi) is 5.17. The molecular weight excluding hydrogens is 351 g/mol. The third-order valence-electron chi connectivity index (χ3n) is 3.07. The maximum atomic E-state index is 14.1. The molecule has 2 aromatic rings. The zero-order valence-electron chi connectivity index (χ0n) is 12.8. The minimum absolute atomic E-state index is 0.0494. The first kappa shape index (κ1) is 16.6. The van der Waals surface area contributed by atoms with Crippen molar-refractivity contribution in [3.63, 3.8) is 0 Å². The van der Waals surface area contributed by atoms with Gasteiger partial charge in [0, 0.05) is 21.4 Å². The summed E-state index contributed by atoms with van der Waals surface area (Å²) in [5.41, 5.74) is 1.65. The number of nitrogens with zero attached hydrogens (tertiary/aromatic N) is 1. The SMILES string of the molecule is CCc1nc(-c2c(F)cccc2Br)sc1CNC(C)(C)C.